The van der Waals surface area contributed by atoms with E-state index >= 15 is 8.78 Å². The number of hydrogen-bond acceptors (Lipinski definition) is 6. The van der Waals surface area contributed by atoms with Gasteiger partial charge in [0.2, 0.25) is 15.9 Å². The highest BCUT2D eigenvalue weighted by Crippen LogP contribution is 2.40. The first kappa shape index (κ1) is 33.2. The average molecular weight is 660 g/mol. The van der Waals surface area contributed by atoms with Crippen LogP contribution in [-0.2, 0) is 20.7 Å². The van der Waals surface area contributed by atoms with Crippen LogP contribution < -0.4 is 19.9 Å². The number of sulfonamides is 1. The number of nitrogens with one attached hydrogen (secondary N) is 1. The van der Waals surface area contributed by atoms with E-state index in [-0.39, 0.29) is 29.1 Å². The lowest BCUT2D eigenvalue weighted by Gasteiger charge is -2.41. The van der Waals surface area contributed by atoms with Crippen molar-refractivity contribution in [2.45, 2.75) is 131 Å². The Labute approximate surface area is 271 Å². The second kappa shape index (κ2) is 14.2. The van der Waals surface area contributed by atoms with Crippen molar-refractivity contribution in [3.8, 4) is 11.5 Å². The van der Waals surface area contributed by atoms with Crippen molar-refractivity contribution in [2.24, 2.45) is 11.7 Å². The van der Waals surface area contributed by atoms with Crippen LogP contribution in [0.5, 0.6) is 11.5 Å². The van der Waals surface area contributed by atoms with E-state index in [1.807, 2.05) is 0 Å². The Morgan fingerprint density at radius 1 is 0.848 bits per heavy atom. The largest absolute Gasteiger partial charge is 0.493 e. The summed E-state index contributed by atoms with van der Waals surface area (Å²) in [7, 11) is -4.52. The van der Waals surface area contributed by atoms with Crippen molar-refractivity contribution in [3.05, 3.63) is 54.1 Å². The van der Waals surface area contributed by atoms with Gasteiger partial charge in [0.15, 0.2) is 6.04 Å². The molecule has 4 fully saturated rings. The Kier molecular flexibility index (Phi) is 10.2. The van der Waals surface area contributed by atoms with Crippen LogP contribution >= 0.6 is 0 Å². The third-order valence-corrected chi connectivity index (χ3v) is 11.8. The number of rotatable bonds is 11. The second-order valence-corrected chi connectivity index (χ2v) is 15.4. The van der Waals surface area contributed by atoms with Gasteiger partial charge in [0.05, 0.1) is 17.6 Å². The molecule has 46 heavy (non-hydrogen) atoms. The molecule has 2 aromatic rings. The highest BCUT2D eigenvalue weighted by Gasteiger charge is 2.53. The van der Waals surface area contributed by atoms with Crippen LogP contribution in [0.2, 0.25) is 0 Å². The highest BCUT2D eigenvalue weighted by atomic mass is 32.2. The van der Waals surface area contributed by atoms with Crippen LogP contribution in [0.4, 0.5) is 8.78 Å². The Hall–Kier alpha value is -2.76. The van der Waals surface area contributed by atoms with Crippen LogP contribution in [0, 0.1) is 5.92 Å². The minimum atomic E-state index is -4.52. The monoisotopic (exact) mass is 659 g/mol. The summed E-state index contributed by atoms with van der Waals surface area (Å²) in [6.07, 6.45) is 13.4. The predicted octanol–water partition coefficient (Wildman–Crippen LogP) is 6.28. The lowest BCUT2D eigenvalue weighted by molar-refractivity contribution is -0.149. The number of halogens is 2. The van der Waals surface area contributed by atoms with Crippen LogP contribution in [0.15, 0.2) is 53.4 Å². The average Bonchev–Trinajstić information content (AvgIpc) is 3.34. The number of carbonyl (C=O) groups is 1. The van der Waals surface area contributed by atoms with Crippen LogP contribution in [0.3, 0.4) is 0 Å². The van der Waals surface area contributed by atoms with E-state index < -0.39 is 33.5 Å². The van der Waals surface area contributed by atoms with Gasteiger partial charge in [0, 0.05) is 23.7 Å². The maximum atomic E-state index is 16.5. The molecule has 2 saturated heterocycles. The molecule has 252 valence electrons. The number of amides is 1. The molecule has 2 aliphatic heterocycles. The molecule has 2 saturated carbocycles. The van der Waals surface area contributed by atoms with Gasteiger partial charge in [-0.2, -0.15) is 13.5 Å². The molecule has 0 aromatic heterocycles. The summed E-state index contributed by atoms with van der Waals surface area (Å²) in [4.78, 5) is 15.3. The Bertz CT molecular complexity index is 1410. The fraction of sp³-hybridized carbons (Fsp3) is 0.629. The molecule has 2 aromatic carbocycles. The van der Waals surface area contributed by atoms with Crippen molar-refractivity contribution < 1.29 is 31.5 Å². The van der Waals surface area contributed by atoms with Gasteiger partial charge in [-0.3, -0.25) is 4.79 Å². The van der Waals surface area contributed by atoms with E-state index in [4.69, 9.17) is 15.2 Å². The molecule has 8 nitrogen and oxygen atoms in total. The maximum Gasteiger partial charge on any atom is 0.298 e. The fourth-order valence-electron chi connectivity index (χ4n) is 7.81. The zero-order chi connectivity index (χ0) is 32.3. The summed E-state index contributed by atoms with van der Waals surface area (Å²) >= 11 is 0. The zero-order valence-corrected chi connectivity index (χ0v) is 27.2. The van der Waals surface area contributed by atoms with E-state index in [1.54, 1.807) is 0 Å². The third kappa shape index (κ3) is 7.52. The fourth-order valence-corrected chi connectivity index (χ4v) is 9.00. The lowest BCUT2D eigenvalue weighted by atomic mass is 9.90. The van der Waals surface area contributed by atoms with Gasteiger partial charge in [0.1, 0.15) is 11.5 Å². The smallest absolute Gasteiger partial charge is 0.298 e. The van der Waals surface area contributed by atoms with Crippen molar-refractivity contribution in [1.29, 1.82) is 0 Å². The second-order valence-electron chi connectivity index (χ2n) is 13.7. The van der Waals surface area contributed by atoms with Crippen LogP contribution in [-0.4, -0.2) is 56.1 Å². The number of nitrogens with two attached hydrogens (primary N) is 1. The molecule has 3 N–H and O–H groups in total. The van der Waals surface area contributed by atoms with Gasteiger partial charge in [-0.05, 0) is 119 Å². The molecule has 2 bridgehead atoms. The Balaban J connectivity index is 1.22. The number of piperidine rings is 1. The summed E-state index contributed by atoms with van der Waals surface area (Å²) in [5, 5.41) is 0. The zero-order valence-electron chi connectivity index (χ0n) is 26.4. The molecule has 2 heterocycles. The van der Waals surface area contributed by atoms with Crippen molar-refractivity contribution in [3.63, 3.8) is 0 Å². The molecule has 11 heteroatoms. The van der Waals surface area contributed by atoms with Gasteiger partial charge < -0.3 is 20.1 Å². The Morgan fingerprint density at radius 3 is 2.02 bits per heavy atom. The van der Waals surface area contributed by atoms with Crippen LogP contribution in [0.25, 0.3) is 0 Å². The number of fused-ring (bicyclic) bond motifs is 2. The van der Waals surface area contributed by atoms with E-state index in [1.165, 1.54) is 79.1 Å². The van der Waals surface area contributed by atoms with E-state index in [9.17, 15) is 13.2 Å². The number of nitrogens with zero attached hydrogens (tertiary/aromatic N) is 1. The summed E-state index contributed by atoms with van der Waals surface area (Å²) in [6, 6.07) is 8.08. The highest BCUT2D eigenvalue weighted by molar-refractivity contribution is 7.89. The summed E-state index contributed by atoms with van der Waals surface area (Å²) in [5.74, 6) is -3.32. The minimum Gasteiger partial charge on any atom is -0.493 e. The van der Waals surface area contributed by atoms with Gasteiger partial charge in [-0.15, -0.1) is 0 Å². The summed E-state index contributed by atoms with van der Waals surface area (Å²) in [6.45, 7) is 0.555. The quantitative estimate of drug-likeness (QED) is 0.294. The number of hydrogen-bond donors (Lipinski definition) is 2. The molecule has 0 spiro atoms. The third-order valence-electron chi connectivity index (χ3n) is 10.3. The molecule has 0 radical (unpaired) electrons. The summed E-state index contributed by atoms with van der Waals surface area (Å²) in [5.41, 5.74) is 5.72. The molecule has 2 aliphatic carbocycles. The van der Waals surface area contributed by atoms with Gasteiger partial charge >= 0.3 is 0 Å². The summed E-state index contributed by atoms with van der Waals surface area (Å²) < 4.78 is 74.3. The van der Waals surface area contributed by atoms with E-state index in [0.717, 1.165) is 38.5 Å². The van der Waals surface area contributed by atoms with Gasteiger partial charge in [-0.25, -0.2) is 8.42 Å². The van der Waals surface area contributed by atoms with Crippen LogP contribution in [0.1, 0.15) is 95.5 Å². The standard InChI is InChI=1S/C35H47F2N3O5S/c36-35(37,25-11-15-31(16-12-25)45-30-9-5-2-6-10-30)33(34(41)40-27-13-14-28(40)22-26(38)21-27)39-46(42,43)32-19-17-29(18-20-32)44-23-24-7-3-1-4-8-24/h11-12,15-20,24,26-28,30,33,39H,1-10,13-14,21-23,38H2. The molecule has 3 atom stereocenters. The van der Waals surface area contributed by atoms with E-state index in [0.29, 0.717) is 49.7 Å². The Morgan fingerprint density at radius 2 is 1.41 bits per heavy atom. The molecular formula is C35H47F2N3O5S. The first-order chi connectivity index (χ1) is 22.1. The molecule has 3 unspecified atom stereocenters. The molecule has 6 rings (SSSR count). The van der Waals surface area contributed by atoms with Crippen molar-refractivity contribution in [1.82, 2.24) is 9.62 Å². The van der Waals surface area contributed by atoms with Gasteiger partial charge in [-0.1, -0.05) is 25.7 Å². The first-order valence-electron chi connectivity index (χ1n) is 17.1. The SMILES string of the molecule is NC1CC2CCC(C1)N2C(=O)C(NS(=O)(=O)c1ccc(OCC2CCCCC2)cc1)C(F)(F)c1ccc(OC2CCCCC2)cc1. The number of ether oxygens (including phenoxy) is 2. The number of alkyl halides is 2. The predicted molar refractivity (Wildman–Crippen MR) is 171 cm³/mol. The normalized spacial score (nSPS) is 25.3. The number of carbonyl (C=O) groups excluding carboxylic acids is 1. The van der Waals surface area contributed by atoms with Gasteiger partial charge in [0.25, 0.3) is 5.92 Å². The first-order valence-corrected chi connectivity index (χ1v) is 18.6. The topological polar surface area (TPSA) is 111 Å². The maximum absolute atomic E-state index is 16.5. The lowest BCUT2D eigenvalue weighted by Crippen LogP contribution is -2.60. The molecule has 4 aliphatic rings. The molecule has 1 amide bonds. The number of benzene rings is 2. The minimum absolute atomic E-state index is 0.0474. The van der Waals surface area contributed by atoms with E-state index in [2.05, 4.69) is 4.72 Å². The van der Waals surface area contributed by atoms with Crippen molar-refractivity contribution >= 4 is 15.9 Å². The molecular weight excluding hydrogens is 612 g/mol. The van der Waals surface area contributed by atoms with Crippen molar-refractivity contribution in [2.75, 3.05) is 6.61 Å².